The van der Waals surface area contributed by atoms with Gasteiger partial charge in [0.25, 0.3) is 5.56 Å². The number of carbonyl (C=O) groups is 1. The van der Waals surface area contributed by atoms with Gasteiger partial charge in [-0.2, -0.15) is 4.31 Å². The number of benzene rings is 1. The molecule has 1 aliphatic carbocycles. The van der Waals surface area contributed by atoms with E-state index in [9.17, 15) is 18.0 Å². The first-order valence-corrected chi connectivity index (χ1v) is 14.7. The molecule has 36 heavy (non-hydrogen) atoms. The van der Waals surface area contributed by atoms with E-state index in [4.69, 9.17) is 4.74 Å². The number of esters is 1. The minimum Gasteiger partial charge on any atom is -0.454 e. The molecule has 1 fully saturated rings. The Hall–Kier alpha value is -2.82. The highest BCUT2D eigenvalue weighted by Gasteiger charge is 2.25. The lowest BCUT2D eigenvalue weighted by Gasteiger charge is -2.19. The molecule has 1 saturated heterocycles. The number of fused-ring (bicyclic) bond motifs is 3. The van der Waals surface area contributed by atoms with Gasteiger partial charge in [-0.05, 0) is 67.9 Å². The standard InChI is InChI=1S/C26H29N3O5S2/c30-23(34-17-22-27-25(31)24-20-7-3-4-8-21(20)35-26(24)28-22)14-11-18-9-12-19(13-10-18)36(32,33)29-15-5-1-2-6-16-29/h9-14H,1-8,15-17H2,(H,27,28,31)/b14-11+. The number of thiophene rings is 1. The number of rotatable bonds is 6. The molecule has 0 saturated carbocycles. The van der Waals surface area contributed by atoms with Crippen LogP contribution in [0.5, 0.6) is 0 Å². The lowest BCUT2D eigenvalue weighted by atomic mass is 9.97. The summed E-state index contributed by atoms with van der Waals surface area (Å²) < 4.78 is 32.6. The zero-order valence-corrected chi connectivity index (χ0v) is 21.6. The zero-order valence-electron chi connectivity index (χ0n) is 20.0. The Balaban J connectivity index is 1.21. The number of aromatic amines is 1. The number of carbonyl (C=O) groups excluding carboxylic acids is 1. The van der Waals surface area contributed by atoms with Gasteiger partial charge < -0.3 is 9.72 Å². The summed E-state index contributed by atoms with van der Waals surface area (Å²) in [5, 5.41) is 0.672. The molecular formula is C26H29N3O5S2. The summed E-state index contributed by atoms with van der Waals surface area (Å²) in [5.74, 6) is -0.264. The van der Waals surface area contributed by atoms with E-state index in [2.05, 4.69) is 9.97 Å². The highest BCUT2D eigenvalue weighted by atomic mass is 32.2. The van der Waals surface area contributed by atoms with Gasteiger partial charge >= 0.3 is 5.97 Å². The molecule has 1 aliphatic heterocycles. The number of H-pyrrole nitrogens is 1. The Bertz CT molecular complexity index is 1450. The summed E-state index contributed by atoms with van der Waals surface area (Å²) in [5.41, 5.74) is 1.61. The fourth-order valence-electron chi connectivity index (χ4n) is 4.81. The molecule has 0 radical (unpaired) electrons. The molecule has 0 unspecified atom stereocenters. The van der Waals surface area contributed by atoms with E-state index in [1.807, 2.05) is 0 Å². The number of hydrogen-bond donors (Lipinski definition) is 1. The molecule has 0 spiro atoms. The van der Waals surface area contributed by atoms with Crippen molar-refractivity contribution in [2.75, 3.05) is 13.1 Å². The van der Waals surface area contributed by atoms with Crippen LogP contribution in [-0.2, 0) is 39.0 Å². The minimum absolute atomic E-state index is 0.135. The van der Waals surface area contributed by atoms with Crippen LogP contribution in [0.4, 0.5) is 0 Å². The van der Waals surface area contributed by atoms with Crippen LogP contribution < -0.4 is 5.56 Å². The number of hydrogen-bond acceptors (Lipinski definition) is 7. The quantitative estimate of drug-likeness (QED) is 0.380. The van der Waals surface area contributed by atoms with Crippen molar-refractivity contribution in [2.45, 2.75) is 62.9 Å². The molecule has 0 bridgehead atoms. The highest BCUT2D eigenvalue weighted by Crippen LogP contribution is 2.33. The maximum absolute atomic E-state index is 12.9. The van der Waals surface area contributed by atoms with E-state index in [0.717, 1.165) is 56.9 Å². The molecule has 8 nitrogen and oxygen atoms in total. The third kappa shape index (κ3) is 5.30. The minimum atomic E-state index is -3.51. The van der Waals surface area contributed by atoms with Gasteiger partial charge in [-0.15, -0.1) is 11.3 Å². The van der Waals surface area contributed by atoms with Gasteiger partial charge in [0.1, 0.15) is 17.3 Å². The van der Waals surface area contributed by atoms with Crippen molar-refractivity contribution in [1.29, 1.82) is 0 Å². The molecule has 2 aliphatic rings. The average molecular weight is 528 g/mol. The molecule has 0 amide bonds. The van der Waals surface area contributed by atoms with E-state index in [1.165, 1.54) is 11.0 Å². The predicted octanol–water partition coefficient (Wildman–Crippen LogP) is 4.18. The largest absolute Gasteiger partial charge is 0.454 e. The fraction of sp³-hybridized carbons (Fsp3) is 0.423. The van der Waals surface area contributed by atoms with Gasteiger partial charge in [-0.25, -0.2) is 18.2 Å². The van der Waals surface area contributed by atoms with Crippen molar-refractivity contribution in [2.24, 2.45) is 0 Å². The summed E-state index contributed by atoms with van der Waals surface area (Å²) in [4.78, 5) is 34.3. The lowest BCUT2D eigenvalue weighted by Crippen LogP contribution is -2.31. The molecule has 10 heteroatoms. The van der Waals surface area contributed by atoms with E-state index in [1.54, 1.807) is 46.0 Å². The Labute approximate surface area is 214 Å². The average Bonchev–Trinajstić information content (AvgIpc) is 3.04. The van der Waals surface area contributed by atoms with Crippen molar-refractivity contribution in [3.63, 3.8) is 0 Å². The second kappa shape index (κ2) is 10.7. The lowest BCUT2D eigenvalue weighted by molar-refractivity contribution is -0.139. The number of sulfonamides is 1. The van der Waals surface area contributed by atoms with Crippen molar-refractivity contribution < 1.29 is 17.9 Å². The van der Waals surface area contributed by atoms with Crippen molar-refractivity contribution in [3.8, 4) is 0 Å². The van der Waals surface area contributed by atoms with Gasteiger partial charge in [0.05, 0.1) is 10.3 Å². The van der Waals surface area contributed by atoms with Gasteiger partial charge in [0.15, 0.2) is 0 Å². The second-order valence-electron chi connectivity index (χ2n) is 9.23. The van der Waals surface area contributed by atoms with E-state index >= 15 is 0 Å². The van der Waals surface area contributed by atoms with Crippen molar-refractivity contribution in [3.05, 3.63) is 62.5 Å². The summed E-state index contributed by atoms with van der Waals surface area (Å²) in [7, 11) is -3.51. The van der Waals surface area contributed by atoms with Gasteiger partial charge in [-0.3, -0.25) is 4.79 Å². The molecule has 2 aromatic heterocycles. The van der Waals surface area contributed by atoms with Crippen LogP contribution in [0.2, 0.25) is 0 Å². The Kier molecular flexibility index (Phi) is 7.36. The summed E-state index contributed by atoms with van der Waals surface area (Å²) in [6.07, 6.45) is 10.8. The SMILES string of the molecule is O=C(/C=C/c1ccc(S(=O)(=O)N2CCCCCC2)cc1)OCc1nc2sc3c(c2c(=O)[nH]1)CCCC3. The van der Waals surface area contributed by atoms with Gasteiger partial charge in [-0.1, -0.05) is 25.0 Å². The Morgan fingerprint density at radius 1 is 1.06 bits per heavy atom. The molecular weight excluding hydrogens is 498 g/mol. The first-order chi connectivity index (χ1) is 17.4. The number of nitrogens with one attached hydrogen (secondary N) is 1. The van der Waals surface area contributed by atoms with Crippen LogP contribution >= 0.6 is 11.3 Å². The van der Waals surface area contributed by atoms with E-state index in [-0.39, 0.29) is 17.1 Å². The monoisotopic (exact) mass is 527 g/mol. The second-order valence-corrected chi connectivity index (χ2v) is 12.3. The normalized spacial score (nSPS) is 17.2. The van der Waals surface area contributed by atoms with Gasteiger partial charge in [0, 0.05) is 24.0 Å². The summed E-state index contributed by atoms with van der Waals surface area (Å²) in [6, 6.07) is 6.46. The molecule has 3 heterocycles. The molecule has 3 aromatic rings. The molecule has 5 rings (SSSR count). The first kappa shape index (κ1) is 24.9. The first-order valence-electron chi connectivity index (χ1n) is 12.4. The zero-order chi connectivity index (χ0) is 25.1. The number of ether oxygens (including phenoxy) is 1. The number of nitrogens with zero attached hydrogens (tertiary/aromatic N) is 2. The maximum atomic E-state index is 12.9. The number of aromatic nitrogens is 2. The Morgan fingerprint density at radius 3 is 2.53 bits per heavy atom. The van der Waals surface area contributed by atoms with Crippen LogP contribution in [0.25, 0.3) is 16.3 Å². The topological polar surface area (TPSA) is 109 Å². The fourth-order valence-corrected chi connectivity index (χ4v) is 7.61. The third-order valence-corrected chi connectivity index (χ3v) is 9.82. The van der Waals surface area contributed by atoms with Crippen LogP contribution in [0, 0.1) is 0 Å². The smallest absolute Gasteiger partial charge is 0.331 e. The summed E-state index contributed by atoms with van der Waals surface area (Å²) in [6.45, 7) is 0.972. The Morgan fingerprint density at radius 2 is 1.78 bits per heavy atom. The van der Waals surface area contributed by atoms with Gasteiger partial charge in [0.2, 0.25) is 10.0 Å². The highest BCUT2D eigenvalue weighted by molar-refractivity contribution is 7.89. The number of aryl methyl sites for hydroxylation is 2. The van der Waals surface area contributed by atoms with Crippen LogP contribution in [0.15, 0.2) is 40.0 Å². The predicted molar refractivity (Wildman–Crippen MR) is 139 cm³/mol. The third-order valence-electron chi connectivity index (χ3n) is 6.72. The molecule has 1 N–H and O–H groups in total. The van der Waals surface area contributed by atoms with Crippen molar-refractivity contribution >= 4 is 43.6 Å². The van der Waals surface area contributed by atoms with Crippen LogP contribution in [-0.4, -0.2) is 41.7 Å². The van der Waals surface area contributed by atoms with Crippen molar-refractivity contribution in [1.82, 2.24) is 14.3 Å². The van der Waals surface area contributed by atoms with Crippen LogP contribution in [0.3, 0.4) is 0 Å². The van der Waals surface area contributed by atoms with Crippen LogP contribution in [0.1, 0.15) is 60.4 Å². The molecule has 190 valence electrons. The van der Waals surface area contributed by atoms with E-state index in [0.29, 0.717) is 34.7 Å². The summed E-state index contributed by atoms with van der Waals surface area (Å²) >= 11 is 1.55. The molecule has 0 atom stereocenters. The maximum Gasteiger partial charge on any atom is 0.331 e. The van der Waals surface area contributed by atoms with E-state index < -0.39 is 16.0 Å². The molecule has 1 aromatic carbocycles.